The molecule has 5 heteroatoms. The Kier molecular flexibility index (Phi) is 5.76. The fourth-order valence-electron chi connectivity index (χ4n) is 1.38. The highest BCUT2D eigenvalue weighted by atomic mass is 79.9. The molecule has 0 spiro atoms. The maximum Gasteiger partial charge on any atom is 0.262 e. The van der Waals surface area contributed by atoms with Crippen LogP contribution in [-0.4, -0.2) is 18.3 Å². The van der Waals surface area contributed by atoms with Gasteiger partial charge in [-0.3, -0.25) is 9.59 Å². The molecule has 0 heterocycles. The van der Waals surface area contributed by atoms with Crippen molar-refractivity contribution in [2.24, 2.45) is 0 Å². The van der Waals surface area contributed by atoms with Gasteiger partial charge in [-0.2, -0.15) is 0 Å². The van der Waals surface area contributed by atoms with Crippen molar-refractivity contribution < 1.29 is 14.3 Å². The number of ketones is 1. The SMILES string of the molecule is CCOC=C(C(C)=O)C(=O)Nc1ccc(Br)c(C)c1. The van der Waals surface area contributed by atoms with Gasteiger partial charge in [0.2, 0.25) is 0 Å². The minimum Gasteiger partial charge on any atom is -0.501 e. The van der Waals surface area contributed by atoms with Gasteiger partial charge in [0.05, 0.1) is 12.9 Å². The molecule has 1 aromatic carbocycles. The standard InChI is InChI=1S/C14H16BrNO3/c1-4-19-8-12(10(3)17)14(18)16-11-5-6-13(15)9(2)7-11/h5-8H,4H2,1-3H3,(H,16,18). The van der Waals surface area contributed by atoms with E-state index in [-0.39, 0.29) is 11.4 Å². The molecule has 0 aliphatic carbocycles. The number of Topliss-reactive ketones (excluding diaryl/α,β-unsaturated/α-hetero) is 1. The van der Waals surface area contributed by atoms with Crippen molar-refractivity contribution in [3.8, 4) is 0 Å². The highest BCUT2D eigenvalue weighted by Crippen LogP contribution is 2.20. The van der Waals surface area contributed by atoms with Crippen LogP contribution in [0.2, 0.25) is 0 Å². The van der Waals surface area contributed by atoms with Crippen molar-refractivity contribution in [2.45, 2.75) is 20.8 Å². The second-order valence-electron chi connectivity index (χ2n) is 3.96. The molecule has 0 unspecified atom stereocenters. The van der Waals surface area contributed by atoms with Gasteiger partial charge in [0, 0.05) is 10.2 Å². The van der Waals surface area contributed by atoms with Crippen molar-refractivity contribution >= 4 is 33.3 Å². The zero-order valence-corrected chi connectivity index (χ0v) is 12.7. The van der Waals surface area contributed by atoms with Crippen LogP contribution in [0.5, 0.6) is 0 Å². The summed E-state index contributed by atoms with van der Waals surface area (Å²) in [5, 5.41) is 2.67. The quantitative estimate of drug-likeness (QED) is 0.391. The molecule has 0 aliphatic heterocycles. The second-order valence-corrected chi connectivity index (χ2v) is 4.82. The van der Waals surface area contributed by atoms with E-state index in [1.807, 2.05) is 19.1 Å². The fourth-order valence-corrected chi connectivity index (χ4v) is 1.63. The van der Waals surface area contributed by atoms with Crippen LogP contribution in [0.15, 0.2) is 34.5 Å². The van der Waals surface area contributed by atoms with Crippen molar-refractivity contribution in [1.29, 1.82) is 0 Å². The number of carbonyl (C=O) groups excluding carboxylic acids is 2. The first-order chi connectivity index (χ1) is 8.95. The zero-order chi connectivity index (χ0) is 14.4. The van der Waals surface area contributed by atoms with Crippen LogP contribution in [-0.2, 0) is 14.3 Å². The molecule has 4 nitrogen and oxygen atoms in total. The largest absolute Gasteiger partial charge is 0.501 e. The highest BCUT2D eigenvalue weighted by molar-refractivity contribution is 9.10. The number of carbonyl (C=O) groups is 2. The second kappa shape index (κ2) is 7.09. The van der Waals surface area contributed by atoms with Crippen LogP contribution in [0.25, 0.3) is 0 Å². The van der Waals surface area contributed by atoms with Gasteiger partial charge in [0.25, 0.3) is 5.91 Å². The minimum atomic E-state index is -0.470. The summed E-state index contributed by atoms with van der Waals surface area (Å²) < 4.78 is 5.97. The number of nitrogens with one attached hydrogen (secondary N) is 1. The highest BCUT2D eigenvalue weighted by Gasteiger charge is 2.15. The van der Waals surface area contributed by atoms with Crippen LogP contribution >= 0.6 is 15.9 Å². The third kappa shape index (κ3) is 4.52. The molecule has 1 amide bonds. The minimum absolute atomic E-state index is 0.00224. The molecule has 0 aliphatic rings. The molecule has 0 saturated heterocycles. The topological polar surface area (TPSA) is 55.4 Å². The van der Waals surface area contributed by atoms with Crippen LogP contribution in [0.3, 0.4) is 0 Å². The predicted molar refractivity (Wildman–Crippen MR) is 77.9 cm³/mol. The first-order valence-corrected chi connectivity index (χ1v) is 6.65. The van der Waals surface area contributed by atoms with E-state index in [2.05, 4.69) is 21.2 Å². The molecule has 0 atom stereocenters. The Hall–Kier alpha value is -1.62. The van der Waals surface area contributed by atoms with Crippen LogP contribution < -0.4 is 5.32 Å². The average Bonchev–Trinajstić information content (AvgIpc) is 2.34. The summed E-state index contributed by atoms with van der Waals surface area (Å²) >= 11 is 3.38. The summed E-state index contributed by atoms with van der Waals surface area (Å²) in [6.45, 7) is 5.44. The van der Waals surface area contributed by atoms with E-state index in [0.717, 1.165) is 10.0 Å². The Morgan fingerprint density at radius 2 is 2.11 bits per heavy atom. The summed E-state index contributed by atoms with van der Waals surface area (Å²) in [6.07, 6.45) is 1.20. The molecule has 0 bridgehead atoms. The fraction of sp³-hybridized carbons (Fsp3) is 0.286. The number of halogens is 1. The first kappa shape index (κ1) is 15.4. The Morgan fingerprint density at radius 1 is 1.42 bits per heavy atom. The summed E-state index contributed by atoms with van der Waals surface area (Å²) in [4.78, 5) is 23.4. The van der Waals surface area contributed by atoms with Gasteiger partial charge in [-0.25, -0.2) is 0 Å². The first-order valence-electron chi connectivity index (χ1n) is 5.86. The number of amides is 1. The Labute approximate surface area is 121 Å². The Morgan fingerprint density at radius 3 is 2.63 bits per heavy atom. The molecule has 19 heavy (non-hydrogen) atoms. The van der Waals surface area contributed by atoms with Gasteiger partial charge in [0.1, 0.15) is 5.57 Å². The molecule has 0 radical (unpaired) electrons. The molecule has 1 aromatic rings. The molecule has 102 valence electrons. The summed E-state index contributed by atoms with van der Waals surface area (Å²) in [5.74, 6) is -0.803. The van der Waals surface area contributed by atoms with Gasteiger partial charge < -0.3 is 10.1 Å². The third-order valence-electron chi connectivity index (χ3n) is 2.41. The maximum atomic E-state index is 12.0. The number of anilines is 1. The van der Waals surface area contributed by atoms with Crippen LogP contribution in [0, 0.1) is 6.92 Å². The smallest absolute Gasteiger partial charge is 0.262 e. The molecule has 1 N–H and O–H groups in total. The Balaban J connectivity index is 2.87. The Bertz CT molecular complexity index is 523. The van der Waals surface area contributed by atoms with E-state index in [9.17, 15) is 9.59 Å². The molecule has 1 rings (SSSR count). The van der Waals surface area contributed by atoms with E-state index < -0.39 is 5.91 Å². The summed E-state index contributed by atoms with van der Waals surface area (Å²) in [6, 6.07) is 5.42. The number of hydrogen-bond donors (Lipinski definition) is 1. The van der Waals surface area contributed by atoms with E-state index in [4.69, 9.17) is 4.74 Å². The monoisotopic (exact) mass is 325 g/mol. The van der Waals surface area contributed by atoms with Crippen LogP contribution in [0.1, 0.15) is 19.4 Å². The molecular weight excluding hydrogens is 310 g/mol. The molecule has 0 aromatic heterocycles. The van der Waals surface area contributed by atoms with Gasteiger partial charge in [-0.15, -0.1) is 0 Å². The molecule has 0 fully saturated rings. The third-order valence-corrected chi connectivity index (χ3v) is 3.30. The van der Waals surface area contributed by atoms with Crippen molar-refractivity contribution in [3.05, 3.63) is 40.1 Å². The van der Waals surface area contributed by atoms with E-state index in [1.165, 1.54) is 13.2 Å². The van der Waals surface area contributed by atoms with E-state index in [1.54, 1.807) is 13.0 Å². The lowest BCUT2D eigenvalue weighted by Crippen LogP contribution is -2.19. The lowest BCUT2D eigenvalue weighted by Gasteiger charge is -2.08. The van der Waals surface area contributed by atoms with Crippen LogP contribution in [0.4, 0.5) is 5.69 Å². The lowest BCUT2D eigenvalue weighted by molar-refractivity contribution is -0.119. The lowest BCUT2D eigenvalue weighted by atomic mass is 10.1. The molecule has 0 saturated carbocycles. The average molecular weight is 326 g/mol. The van der Waals surface area contributed by atoms with E-state index in [0.29, 0.717) is 12.3 Å². The molecular formula is C14H16BrNO3. The predicted octanol–water partition coefficient (Wildman–Crippen LogP) is 3.21. The van der Waals surface area contributed by atoms with Crippen molar-refractivity contribution in [2.75, 3.05) is 11.9 Å². The normalized spacial score (nSPS) is 11.1. The number of rotatable bonds is 5. The summed E-state index contributed by atoms with van der Waals surface area (Å²) in [7, 11) is 0. The van der Waals surface area contributed by atoms with Gasteiger partial charge in [0.15, 0.2) is 5.78 Å². The number of benzene rings is 1. The number of ether oxygens (including phenoxy) is 1. The van der Waals surface area contributed by atoms with E-state index >= 15 is 0 Å². The van der Waals surface area contributed by atoms with Gasteiger partial charge in [-0.1, -0.05) is 15.9 Å². The number of hydrogen-bond acceptors (Lipinski definition) is 3. The summed E-state index contributed by atoms with van der Waals surface area (Å²) in [5.41, 5.74) is 1.63. The number of aryl methyl sites for hydroxylation is 1. The van der Waals surface area contributed by atoms with Gasteiger partial charge >= 0.3 is 0 Å². The zero-order valence-electron chi connectivity index (χ0n) is 11.1. The maximum absolute atomic E-state index is 12.0. The van der Waals surface area contributed by atoms with Crippen molar-refractivity contribution in [3.63, 3.8) is 0 Å². The van der Waals surface area contributed by atoms with Gasteiger partial charge in [-0.05, 0) is 44.5 Å². The van der Waals surface area contributed by atoms with Crippen molar-refractivity contribution in [1.82, 2.24) is 0 Å².